The van der Waals surface area contributed by atoms with Gasteiger partial charge in [0.1, 0.15) is 0 Å². The molecular weight excluding hydrogens is 815 g/mol. The number of rotatable bonds is 56. The Morgan fingerprint density at radius 1 is 0.409 bits per heavy atom. The number of allylic oxidation sites excluding steroid dienone is 1. The Morgan fingerprint density at radius 2 is 0.697 bits per heavy atom. The number of hydrogen-bond acceptors (Lipinski definition) is 5. The minimum atomic E-state index is -0.840. The molecule has 0 aromatic heterocycles. The summed E-state index contributed by atoms with van der Waals surface area (Å²) in [6, 6.07) is -0.623. The molecule has 0 aliphatic carbocycles. The van der Waals surface area contributed by atoms with Gasteiger partial charge in [-0.2, -0.15) is 0 Å². The topological polar surface area (TPSA) is 95.9 Å². The van der Waals surface area contributed by atoms with Crippen LogP contribution in [-0.2, 0) is 14.3 Å². The molecule has 6 heteroatoms. The second-order valence-corrected chi connectivity index (χ2v) is 20.7. The number of nitrogens with one attached hydrogen (secondary N) is 1. The van der Waals surface area contributed by atoms with Crippen molar-refractivity contribution in [1.29, 1.82) is 0 Å². The van der Waals surface area contributed by atoms with E-state index < -0.39 is 12.1 Å². The summed E-state index contributed by atoms with van der Waals surface area (Å²) in [6.45, 7) is 4.91. The summed E-state index contributed by atoms with van der Waals surface area (Å²) in [6.07, 6.45) is 66.9. The molecule has 392 valence electrons. The quantitative estimate of drug-likeness (QED) is 0.0321. The van der Waals surface area contributed by atoms with Crippen LogP contribution in [0.1, 0.15) is 335 Å². The fraction of sp³-hybridized carbons (Fsp3) is 0.933. The Kier molecular flexibility index (Phi) is 55.0. The first-order chi connectivity index (χ1) is 32.5. The summed E-state index contributed by atoms with van der Waals surface area (Å²) in [5.41, 5.74) is 0. The molecule has 0 bridgehead atoms. The molecule has 3 N–H and O–H groups in total. The molecule has 2 unspecified atom stereocenters. The largest absolute Gasteiger partial charge is 0.466 e. The zero-order valence-electron chi connectivity index (χ0n) is 44.7. The first kappa shape index (κ1) is 64.6. The third-order valence-corrected chi connectivity index (χ3v) is 14.1. The van der Waals surface area contributed by atoms with Crippen molar-refractivity contribution in [3.05, 3.63) is 12.2 Å². The molecule has 0 radical (unpaired) electrons. The van der Waals surface area contributed by atoms with Crippen molar-refractivity contribution in [1.82, 2.24) is 5.32 Å². The van der Waals surface area contributed by atoms with Crippen LogP contribution in [0.3, 0.4) is 0 Å². The van der Waals surface area contributed by atoms with E-state index in [1.807, 2.05) is 6.08 Å². The Morgan fingerprint density at radius 3 is 1.03 bits per heavy atom. The van der Waals surface area contributed by atoms with Crippen molar-refractivity contribution in [3.63, 3.8) is 0 Å². The lowest BCUT2D eigenvalue weighted by Crippen LogP contribution is -2.45. The zero-order chi connectivity index (χ0) is 47.9. The van der Waals surface area contributed by atoms with Crippen LogP contribution in [0.5, 0.6) is 0 Å². The lowest BCUT2D eigenvalue weighted by molar-refractivity contribution is -0.143. The predicted molar refractivity (Wildman–Crippen MR) is 287 cm³/mol. The lowest BCUT2D eigenvalue weighted by atomic mass is 10.0. The molecule has 0 spiro atoms. The molecule has 1 amide bonds. The Labute approximate surface area is 412 Å². The Balaban J connectivity index is 3.34. The maximum Gasteiger partial charge on any atom is 0.305 e. The number of amides is 1. The van der Waals surface area contributed by atoms with Gasteiger partial charge < -0.3 is 20.3 Å². The number of aliphatic hydroxyl groups is 2. The van der Waals surface area contributed by atoms with Crippen LogP contribution in [0.4, 0.5) is 0 Å². The van der Waals surface area contributed by atoms with Crippen molar-refractivity contribution in [2.45, 2.75) is 347 Å². The first-order valence-electron chi connectivity index (χ1n) is 30.0. The van der Waals surface area contributed by atoms with Gasteiger partial charge in [-0.15, -0.1) is 0 Å². The first-order valence-corrected chi connectivity index (χ1v) is 30.0. The highest BCUT2D eigenvalue weighted by Crippen LogP contribution is 2.18. The molecule has 0 aromatic rings. The van der Waals surface area contributed by atoms with E-state index in [0.717, 1.165) is 38.5 Å². The average molecular weight is 933 g/mol. The van der Waals surface area contributed by atoms with Crippen LogP contribution in [0.15, 0.2) is 12.2 Å². The van der Waals surface area contributed by atoms with Crippen molar-refractivity contribution < 1.29 is 24.5 Å². The number of aliphatic hydroxyl groups excluding tert-OH is 2. The van der Waals surface area contributed by atoms with Crippen molar-refractivity contribution in [2.75, 3.05) is 13.2 Å². The summed E-state index contributed by atoms with van der Waals surface area (Å²) in [5, 5.41) is 23.0. The number of hydrogen-bond donors (Lipinski definition) is 3. The average Bonchev–Trinajstić information content (AvgIpc) is 3.32. The smallest absolute Gasteiger partial charge is 0.305 e. The number of esters is 1. The fourth-order valence-corrected chi connectivity index (χ4v) is 9.46. The Hall–Kier alpha value is -1.40. The highest BCUT2D eigenvalue weighted by molar-refractivity contribution is 5.76. The van der Waals surface area contributed by atoms with Gasteiger partial charge in [0.05, 0.1) is 25.4 Å². The summed E-state index contributed by atoms with van der Waals surface area (Å²) in [4.78, 5) is 24.4. The van der Waals surface area contributed by atoms with Crippen LogP contribution in [0.2, 0.25) is 0 Å². The van der Waals surface area contributed by atoms with E-state index in [4.69, 9.17) is 4.74 Å². The third-order valence-electron chi connectivity index (χ3n) is 14.1. The van der Waals surface area contributed by atoms with Gasteiger partial charge in [-0.05, 0) is 32.1 Å². The maximum atomic E-state index is 12.4. The number of carbonyl (C=O) groups is 2. The minimum absolute atomic E-state index is 0.0176. The van der Waals surface area contributed by atoms with E-state index in [1.54, 1.807) is 6.08 Å². The second kappa shape index (κ2) is 56.2. The molecule has 2 atom stereocenters. The molecule has 0 aromatic carbocycles. The Bertz CT molecular complexity index is 986. The summed E-state index contributed by atoms with van der Waals surface area (Å²) in [7, 11) is 0. The molecule has 0 aliphatic heterocycles. The van der Waals surface area contributed by atoms with Crippen molar-refractivity contribution >= 4 is 11.9 Å². The van der Waals surface area contributed by atoms with E-state index >= 15 is 0 Å². The standard InChI is InChI=1S/C60H117NO5/c1-3-5-7-9-11-13-32-36-40-44-48-52-58(63)57(56-62)61-59(64)53-49-45-41-37-34-30-28-26-24-22-20-18-16-15-17-19-21-23-25-27-29-31-35-39-43-47-51-55-66-60(65)54-50-46-42-38-33-14-12-10-8-6-4-2/h48,52,57-58,62-63H,3-47,49-51,53-56H2,1-2H3,(H,61,64)/b52-48+. The molecule has 0 heterocycles. The van der Waals surface area contributed by atoms with Gasteiger partial charge in [-0.1, -0.05) is 302 Å². The van der Waals surface area contributed by atoms with Gasteiger partial charge >= 0.3 is 5.97 Å². The molecular formula is C60H117NO5. The number of unbranched alkanes of at least 4 members (excludes halogenated alkanes) is 45. The van der Waals surface area contributed by atoms with Gasteiger partial charge in [0.15, 0.2) is 0 Å². The van der Waals surface area contributed by atoms with E-state index in [0.29, 0.717) is 19.4 Å². The molecule has 0 saturated heterocycles. The fourth-order valence-electron chi connectivity index (χ4n) is 9.46. The van der Waals surface area contributed by atoms with E-state index in [2.05, 4.69) is 19.2 Å². The molecule has 66 heavy (non-hydrogen) atoms. The van der Waals surface area contributed by atoms with E-state index in [9.17, 15) is 19.8 Å². The van der Waals surface area contributed by atoms with Crippen LogP contribution in [-0.4, -0.2) is 47.4 Å². The second-order valence-electron chi connectivity index (χ2n) is 20.7. The molecule has 0 fully saturated rings. The lowest BCUT2D eigenvalue weighted by Gasteiger charge is -2.20. The highest BCUT2D eigenvalue weighted by atomic mass is 16.5. The van der Waals surface area contributed by atoms with E-state index in [-0.39, 0.29) is 18.5 Å². The summed E-state index contributed by atoms with van der Waals surface area (Å²) in [5.74, 6) is -0.0476. The monoisotopic (exact) mass is 932 g/mol. The van der Waals surface area contributed by atoms with Gasteiger partial charge in [0.25, 0.3) is 0 Å². The van der Waals surface area contributed by atoms with Crippen LogP contribution >= 0.6 is 0 Å². The highest BCUT2D eigenvalue weighted by Gasteiger charge is 2.18. The van der Waals surface area contributed by atoms with Gasteiger partial charge in [-0.3, -0.25) is 9.59 Å². The minimum Gasteiger partial charge on any atom is -0.466 e. The maximum absolute atomic E-state index is 12.4. The molecule has 0 rings (SSSR count). The van der Waals surface area contributed by atoms with Crippen LogP contribution < -0.4 is 5.32 Å². The normalized spacial score (nSPS) is 12.6. The van der Waals surface area contributed by atoms with Crippen molar-refractivity contribution in [3.8, 4) is 0 Å². The van der Waals surface area contributed by atoms with Gasteiger partial charge in [0, 0.05) is 12.8 Å². The van der Waals surface area contributed by atoms with Crippen molar-refractivity contribution in [2.24, 2.45) is 0 Å². The SMILES string of the molecule is CCCCCCCCCCC/C=C/C(O)C(CO)NC(=O)CCCCCCCCCCCCCCCCCCCCCCCCCCCCCOC(=O)CCCCCCCCCCCCC. The molecule has 6 nitrogen and oxygen atoms in total. The predicted octanol–water partition coefficient (Wildman–Crippen LogP) is 18.5. The van der Waals surface area contributed by atoms with Crippen LogP contribution in [0, 0.1) is 0 Å². The summed E-state index contributed by atoms with van der Waals surface area (Å²) >= 11 is 0. The van der Waals surface area contributed by atoms with E-state index in [1.165, 1.54) is 270 Å². The van der Waals surface area contributed by atoms with Gasteiger partial charge in [0.2, 0.25) is 5.91 Å². The summed E-state index contributed by atoms with van der Waals surface area (Å²) < 4.78 is 5.47. The molecule has 0 aliphatic rings. The zero-order valence-corrected chi connectivity index (χ0v) is 44.7. The molecule has 0 saturated carbocycles. The third kappa shape index (κ3) is 52.0. The van der Waals surface area contributed by atoms with Gasteiger partial charge in [-0.25, -0.2) is 0 Å². The number of carbonyl (C=O) groups excluding carboxylic acids is 2. The van der Waals surface area contributed by atoms with Crippen LogP contribution in [0.25, 0.3) is 0 Å². The number of ether oxygens (including phenoxy) is 1.